The molecule has 2 unspecified atom stereocenters. The van der Waals surface area contributed by atoms with Gasteiger partial charge < -0.3 is 35.1 Å². The Hall–Kier alpha value is -3.55. The van der Waals surface area contributed by atoms with Crippen LogP contribution < -0.4 is 16.0 Å². The van der Waals surface area contributed by atoms with Gasteiger partial charge in [0.25, 0.3) is 0 Å². The van der Waals surface area contributed by atoms with Crippen LogP contribution >= 0.6 is 11.3 Å². The molecule has 0 saturated carbocycles. The van der Waals surface area contributed by atoms with Gasteiger partial charge in [0, 0.05) is 32.8 Å². The Morgan fingerprint density at radius 3 is 2.27 bits per heavy atom. The second kappa shape index (κ2) is 20.2. The lowest BCUT2D eigenvalue weighted by Gasteiger charge is -2.35. The summed E-state index contributed by atoms with van der Waals surface area (Å²) in [4.78, 5) is 58.4. The number of carbonyl (C=O) groups is 4. The minimum absolute atomic E-state index is 0.203. The largest absolute Gasteiger partial charge is 0.444 e. The number of benzene rings is 1. The average Bonchev–Trinajstić information content (AvgIpc) is 3.71. The van der Waals surface area contributed by atoms with Gasteiger partial charge in [0.2, 0.25) is 17.7 Å². The van der Waals surface area contributed by atoms with Crippen LogP contribution in [-0.4, -0.2) is 90.9 Å². The van der Waals surface area contributed by atoms with Crippen LogP contribution in [0.3, 0.4) is 0 Å². The van der Waals surface area contributed by atoms with Crippen LogP contribution in [0, 0.1) is 12.3 Å². The fraction of sp³-hybridized carbons (Fsp3) is 0.639. The van der Waals surface area contributed by atoms with Gasteiger partial charge in [0.05, 0.1) is 22.7 Å². The third-order valence-electron chi connectivity index (χ3n) is 7.41. The van der Waals surface area contributed by atoms with E-state index in [0.29, 0.717) is 58.7 Å². The summed E-state index contributed by atoms with van der Waals surface area (Å²) in [6, 6.07) is 6.60. The highest BCUT2D eigenvalue weighted by atomic mass is 32.1. The minimum Gasteiger partial charge on any atom is -0.444 e. The van der Waals surface area contributed by atoms with E-state index in [4.69, 9.17) is 14.2 Å². The van der Waals surface area contributed by atoms with Crippen molar-refractivity contribution in [3.05, 3.63) is 41.0 Å². The molecule has 0 radical (unpaired) electrons. The molecule has 0 bridgehead atoms. The molecule has 1 aromatic carbocycles. The molecule has 3 rings (SSSR count). The van der Waals surface area contributed by atoms with Crippen LogP contribution in [0.4, 0.5) is 4.79 Å². The van der Waals surface area contributed by atoms with Crippen molar-refractivity contribution in [2.24, 2.45) is 5.41 Å². The van der Waals surface area contributed by atoms with Crippen LogP contribution in [0.1, 0.15) is 85.9 Å². The van der Waals surface area contributed by atoms with Gasteiger partial charge in [0.1, 0.15) is 24.3 Å². The summed E-state index contributed by atoms with van der Waals surface area (Å²) in [6.07, 6.45) is 1.34. The summed E-state index contributed by atoms with van der Waals surface area (Å²) in [7, 11) is 0. The van der Waals surface area contributed by atoms with E-state index in [0.717, 1.165) is 21.7 Å². The first-order valence-corrected chi connectivity index (χ1v) is 18.0. The number of carbonyl (C=O) groups excluding carboxylic acids is 4. The molecule has 1 saturated heterocycles. The van der Waals surface area contributed by atoms with Gasteiger partial charge in [-0.1, -0.05) is 58.9 Å². The maximum atomic E-state index is 13.7. The Morgan fingerprint density at radius 1 is 0.980 bits per heavy atom. The molecule has 2 aromatic rings. The molecule has 49 heavy (non-hydrogen) atoms. The van der Waals surface area contributed by atoms with Crippen molar-refractivity contribution in [2.75, 3.05) is 39.5 Å². The molecular formula is C36H57N5O7S. The predicted octanol–water partition coefficient (Wildman–Crippen LogP) is 5.23. The standard InChI is InChI=1S/C34H51N5O7S.C2H6/c1-23-28(47-22-37-23)25-13-11-24(12-14-25)20-36-30(41)26-10-8-16-39(26)31(42)29(33(2,3)4)38-27(40)21-45-18-9-17-44-19-15-35-32(43)46-34(5,6)7;1-2/h11-14,22,26,29H,8-10,15-21H2,1-7H3,(H,35,43)(H,36,41)(H,38,40);1-2H3. The first-order valence-electron chi connectivity index (χ1n) is 17.1. The van der Waals surface area contributed by atoms with Crippen molar-refractivity contribution in [3.63, 3.8) is 0 Å². The molecule has 1 aromatic heterocycles. The highest BCUT2D eigenvalue weighted by Gasteiger charge is 2.41. The van der Waals surface area contributed by atoms with Crippen molar-refractivity contribution in [1.82, 2.24) is 25.8 Å². The lowest BCUT2D eigenvalue weighted by atomic mass is 9.85. The van der Waals surface area contributed by atoms with Gasteiger partial charge in [-0.3, -0.25) is 14.4 Å². The van der Waals surface area contributed by atoms with Crippen molar-refractivity contribution in [2.45, 2.75) is 106 Å². The molecule has 1 fully saturated rings. The Morgan fingerprint density at radius 2 is 1.65 bits per heavy atom. The van der Waals surface area contributed by atoms with E-state index in [1.54, 1.807) is 37.0 Å². The van der Waals surface area contributed by atoms with E-state index in [-0.39, 0.29) is 18.4 Å². The Balaban J connectivity index is 0.00000409. The monoisotopic (exact) mass is 703 g/mol. The average molecular weight is 704 g/mol. The fourth-order valence-corrected chi connectivity index (χ4v) is 5.86. The van der Waals surface area contributed by atoms with Crippen molar-refractivity contribution >= 4 is 35.2 Å². The molecule has 0 spiro atoms. The number of amides is 4. The van der Waals surface area contributed by atoms with Gasteiger partial charge in [-0.25, -0.2) is 9.78 Å². The van der Waals surface area contributed by atoms with Gasteiger partial charge in [-0.2, -0.15) is 0 Å². The van der Waals surface area contributed by atoms with Crippen LogP contribution in [0.2, 0.25) is 0 Å². The Bertz CT molecular complexity index is 1330. The molecule has 1 aliphatic heterocycles. The number of thiazole rings is 1. The summed E-state index contributed by atoms with van der Waals surface area (Å²) in [5, 5.41) is 8.46. The SMILES string of the molecule is CC.Cc1ncsc1-c1ccc(CNC(=O)C2CCCN2C(=O)C(NC(=O)COCCCOCCNC(=O)OC(C)(C)C)C(C)(C)C)cc1. The number of nitrogens with zero attached hydrogens (tertiary/aromatic N) is 2. The van der Waals surface area contributed by atoms with Crippen LogP contribution in [0.15, 0.2) is 29.8 Å². The molecule has 2 heterocycles. The third kappa shape index (κ3) is 14.5. The van der Waals surface area contributed by atoms with Crippen molar-refractivity contribution in [3.8, 4) is 10.4 Å². The van der Waals surface area contributed by atoms with Crippen LogP contribution in [-0.2, 0) is 35.1 Å². The molecule has 13 heteroatoms. The summed E-state index contributed by atoms with van der Waals surface area (Å²) in [6.45, 7) is 19.0. The Kier molecular flexibility index (Phi) is 17.2. The summed E-state index contributed by atoms with van der Waals surface area (Å²) in [5.41, 5.74) is 3.72. The Labute approximate surface area is 296 Å². The summed E-state index contributed by atoms with van der Waals surface area (Å²) < 4.78 is 16.1. The van der Waals surface area contributed by atoms with E-state index in [1.807, 2.05) is 71.3 Å². The zero-order valence-electron chi connectivity index (χ0n) is 30.8. The number of aromatic nitrogens is 1. The topological polar surface area (TPSA) is 148 Å². The molecule has 1 aliphatic rings. The first kappa shape index (κ1) is 41.6. The predicted molar refractivity (Wildman–Crippen MR) is 192 cm³/mol. The molecule has 3 N–H and O–H groups in total. The lowest BCUT2D eigenvalue weighted by Crippen LogP contribution is -2.58. The molecule has 274 valence electrons. The number of alkyl carbamates (subject to hydrolysis) is 1. The van der Waals surface area contributed by atoms with E-state index in [9.17, 15) is 19.2 Å². The number of likely N-dealkylation sites (tertiary alicyclic amines) is 1. The van der Waals surface area contributed by atoms with E-state index in [2.05, 4.69) is 20.9 Å². The smallest absolute Gasteiger partial charge is 0.407 e. The van der Waals surface area contributed by atoms with Crippen LogP contribution in [0.25, 0.3) is 10.4 Å². The van der Waals surface area contributed by atoms with Gasteiger partial charge in [-0.05, 0) is 63.5 Å². The van der Waals surface area contributed by atoms with Crippen LogP contribution in [0.5, 0.6) is 0 Å². The number of aryl methyl sites for hydroxylation is 1. The quantitative estimate of drug-likeness (QED) is 0.214. The fourth-order valence-electron chi connectivity index (χ4n) is 5.05. The normalized spacial score (nSPS) is 15.1. The lowest BCUT2D eigenvalue weighted by molar-refractivity contribution is -0.144. The van der Waals surface area contributed by atoms with E-state index < -0.39 is 35.1 Å². The minimum atomic E-state index is -0.824. The second-order valence-corrected chi connectivity index (χ2v) is 14.5. The van der Waals surface area contributed by atoms with E-state index >= 15 is 0 Å². The molecular weight excluding hydrogens is 646 g/mol. The molecule has 4 amide bonds. The number of hydrogen-bond acceptors (Lipinski definition) is 9. The number of hydrogen-bond donors (Lipinski definition) is 3. The maximum Gasteiger partial charge on any atom is 0.407 e. The summed E-state index contributed by atoms with van der Waals surface area (Å²) >= 11 is 1.60. The van der Waals surface area contributed by atoms with Crippen molar-refractivity contribution < 1.29 is 33.4 Å². The second-order valence-electron chi connectivity index (χ2n) is 13.7. The number of nitrogens with one attached hydrogen (secondary N) is 3. The van der Waals surface area contributed by atoms with Gasteiger partial charge in [-0.15, -0.1) is 11.3 Å². The molecule has 0 aliphatic carbocycles. The summed E-state index contributed by atoms with van der Waals surface area (Å²) in [5.74, 6) is -0.887. The number of ether oxygens (including phenoxy) is 3. The molecule has 2 atom stereocenters. The molecule has 12 nitrogen and oxygen atoms in total. The van der Waals surface area contributed by atoms with Crippen molar-refractivity contribution in [1.29, 1.82) is 0 Å². The van der Waals surface area contributed by atoms with E-state index in [1.165, 1.54) is 0 Å². The first-order chi connectivity index (χ1) is 23.2. The third-order valence-corrected chi connectivity index (χ3v) is 8.39. The zero-order chi connectivity index (χ0) is 36.6. The highest BCUT2D eigenvalue weighted by molar-refractivity contribution is 7.13. The zero-order valence-corrected chi connectivity index (χ0v) is 31.6. The van der Waals surface area contributed by atoms with Gasteiger partial charge >= 0.3 is 6.09 Å². The maximum absolute atomic E-state index is 13.7. The number of rotatable bonds is 15. The van der Waals surface area contributed by atoms with Gasteiger partial charge in [0.15, 0.2) is 0 Å². The highest BCUT2D eigenvalue weighted by Crippen LogP contribution is 2.28.